The molecule has 2 aromatic rings. The number of fused-ring (bicyclic) bond motifs is 1. The van der Waals surface area contributed by atoms with Gasteiger partial charge in [0.15, 0.2) is 0 Å². The molecule has 1 aliphatic heterocycles. The smallest absolute Gasteiger partial charge is 0.294 e. The first-order chi connectivity index (χ1) is 13.0. The van der Waals surface area contributed by atoms with E-state index in [1.165, 1.54) is 17.7 Å². The van der Waals surface area contributed by atoms with Gasteiger partial charge in [0.05, 0.1) is 10.6 Å². The summed E-state index contributed by atoms with van der Waals surface area (Å²) >= 11 is 0. The standard InChI is InChI=1S/C18H23N7O2/c19-11-3-2-8-24(10-11)17-13-4-1-5-15(13)22-18(23-17)21-12-6-7-14(20)16(9-12)25(26)27/h6-7,9,11H,1-5,8,10,19-20H2,(H,21,22,23). The number of nitrogens with two attached hydrogens (primary N) is 2. The Morgan fingerprint density at radius 3 is 2.89 bits per heavy atom. The van der Waals surface area contributed by atoms with Gasteiger partial charge in [-0.1, -0.05) is 0 Å². The molecular formula is C18H23N7O2. The van der Waals surface area contributed by atoms with Crippen molar-refractivity contribution in [3.8, 4) is 0 Å². The molecule has 27 heavy (non-hydrogen) atoms. The number of anilines is 4. The SMILES string of the molecule is Nc1ccc(Nc2nc3c(c(N4CCCC(N)C4)n2)CCC3)cc1[N+](=O)[O-]. The molecule has 5 N–H and O–H groups in total. The van der Waals surface area contributed by atoms with E-state index in [9.17, 15) is 10.1 Å². The Labute approximate surface area is 156 Å². The molecule has 1 aromatic heterocycles. The number of aromatic nitrogens is 2. The van der Waals surface area contributed by atoms with Crippen molar-refractivity contribution in [3.05, 3.63) is 39.6 Å². The number of nitrogens with zero attached hydrogens (tertiary/aromatic N) is 4. The summed E-state index contributed by atoms with van der Waals surface area (Å²) in [6, 6.07) is 4.76. The molecule has 1 aliphatic carbocycles. The number of nitrogens with one attached hydrogen (secondary N) is 1. The number of hydrogen-bond acceptors (Lipinski definition) is 8. The normalized spacial score (nSPS) is 19.0. The van der Waals surface area contributed by atoms with Gasteiger partial charge >= 0.3 is 0 Å². The van der Waals surface area contributed by atoms with Crippen molar-refractivity contribution in [1.82, 2.24) is 9.97 Å². The van der Waals surface area contributed by atoms with Crippen LogP contribution in [0.5, 0.6) is 0 Å². The highest BCUT2D eigenvalue weighted by Crippen LogP contribution is 2.33. The summed E-state index contributed by atoms with van der Waals surface area (Å²) in [7, 11) is 0. The maximum atomic E-state index is 11.1. The fourth-order valence-electron chi connectivity index (χ4n) is 3.84. The van der Waals surface area contributed by atoms with Gasteiger partial charge in [0.2, 0.25) is 5.95 Å². The lowest BCUT2D eigenvalue weighted by molar-refractivity contribution is -0.383. The number of benzene rings is 1. The lowest BCUT2D eigenvalue weighted by Gasteiger charge is -2.33. The summed E-state index contributed by atoms with van der Waals surface area (Å²) in [6.07, 6.45) is 5.04. The Morgan fingerprint density at radius 2 is 2.11 bits per heavy atom. The van der Waals surface area contributed by atoms with Crippen molar-refractivity contribution in [2.24, 2.45) is 5.73 Å². The molecule has 0 radical (unpaired) electrons. The van der Waals surface area contributed by atoms with Gasteiger partial charge in [0, 0.05) is 36.4 Å². The van der Waals surface area contributed by atoms with E-state index in [-0.39, 0.29) is 17.4 Å². The average molecular weight is 369 g/mol. The summed E-state index contributed by atoms with van der Waals surface area (Å²) in [5.74, 6) is 1.39. The van der Waals surface area contributed by atoms with Crippen molar-refractivity contribution >= 4 is 28.8 Å². The van der Waals surface area contributed by atoms with Crippen LogP contribution >= 0.6 is 0 Å². The van der Waals surface area contributed by atoms with Crippen molar-refractivity contribution in [3.63, 3.8) is 0 Å². The molecule has 1 unspecified atom stereocenters. The average Bonchev–Trinajstić information content (AvgIpc) is 3.11. The van der Waals surface area contributed by atoms with Crippen LogP contribution in [0.2, 0.25) is 0 Å². The van der Waals surface area contributed by atoms with E-state index in [0.717, 1.165) is 56.7 Å². The predicted molar refractivity (Wildman–Crippen MR) is 104 cm³/mol. The fraction of sp³-hybridized carbons (Fsp3) is 0.444. The maximum Gasteiger partial charge on any atom is 0.294 e. The Morgan fingerprint density at radius 1 is 1.26 bits per heavy atom. The van der Waals surface area contributed by atoms with Crippen LogP contribution < -0.4 is 21.7 Å². The summed E-state index contributed by atoms with van der Waals surface area (Å²) in [5.41, 5.74) is 14.6. The van der Waals surface area contributed by atoms with Gasteiger partial charge < -0.3 is 21.7 Å². The number of nitro groups is 1. The maximum absolute atomic E-state index is 11.1. The monoisotopic (exact) mass is 369 g/mol. The topological polar surface area (TPSA) is 136 Å². The van der Waals surface area contributed by atoms with Gasteiger partial charge in [-0.15, -0.1) is 0 Å². The van der Waals surface area contributed by atoms with Crippen LogP contribution in [0, 0.1) is 10.1 Å². The number of piperidine rings is 1. The van der Waals surface area contributed by atoms with Crippen LogP contribution in [0.15, 0.2) is 18.2 Å². The lowest BCUT2D eigenvalue weighted by atomic mass is 10.1. The second kappa shape index (κ2) is 6.99. The third kappa shape index (κ3) is 3.50. The van der Waals surface area contributed by atoms with Gasteiger partial charge in [-0.3, -0.25) is 10.1 Å². The molecule has 0 amide bonds. The van der Waals surface area contributed by atoms with E-state index in [0.29, 0.717) is 11.6 Å². The zero-order valence-electron chi connectivity index (χ0n) is 15.0. The van der Waals surface area contributed by atoms with Crippen LogP contribution in [-0.4, -0.2) is 34.0 Å². The number of nitrogen functional groups attached to an aromatic ring is 1. The Bertz CT molecular complexity index is 886. The Kier molecular flexibility index (Phi) is 4.53. The Hall–Kier alpha value is -2.94. The van der Waals surface area contributed by atoms with E-state index < -0.39 is 4.92 Å². The van der Waals surface area contributed by atoms with Gasteiger partial charge in [-0.25, -0.2) is 4.98 Å². The number of rotatable bonds is 4. The van der Waals surface area contributed by atoms with E-state index in [1.54, 1.807) is 6.07 Å². The minimum atomic E-state index is -0.495. The van der Waals surface area contributed by atoms with Gasteiger partial charge in [-0.05, 0) is 44.2 Å². The van der Waals surface area contributed by atoms with E-state index >= 15 is 0 Å². The summed E-state index contributed by atoms with van der Waals surface area (Å²) in [5, 5.41) is 14.2. The van der Waals surface area contributed by atoms with Crippen LogP contribution in [0.25, 0.3) is 0 Å². The highest BCUT2D eigenvalue weighted by Gasteiger charge is 2.26. The molecule has 1 fully saturated rings. The molecule has 1 atom stereocenters. The van der Waals surface area contributed by atoms with Crippen LogP contribution in [0.3, 0.4) is 0 Å². The minimum Gasteiger partial charge on any atom is -0.393 e. The van der Waals surface area contributed by atoms with Gasteiger partial charge in [-0.2, -0.15) is 4.98 Å². The second-order valence-corrected chi connectivity index (χ2v) is 7.15. The highest BCUT2D eigenvalue weighted by molar-refractivity contribution is 5.68. The predicted octanol–water partition coefficient (Wildman–Crippen LogP) is 2.13. The molecule has 0 bridgehead atoms. The first-order valence-corrected chi connectivity index (χ1v) is 9.22. The summed E-state index contributed by atoms with van der Waals surface area (Å²) in [4.78, 5) is 22.3. The molecule has 4 rings (SSSR count). The zero-order chi connectivity index (χ0) is 19.0. The molecule has 2 heterocycles. The summed E-state index contributed by atoms with van der Waals surface area (Å²) in [6.45, 7) is 1.72. The third-order valence-electron chi connectivity index (χ3n) is 5.15. The molecule has 1 aromatic carbocycles. The number of nitro benzene ring substituents is 1. The molecule has 0 spiro atoms. The fourth-order valence-corrected chi connectivity index (χ4v) is 3.84. The van der Waals surface area contributed by atoms with Crippen LogP contribution in [0.1, 0.15) is 30.5 Å². The quantitative estimate of drug-likeness (QED) is 0.423. The number of hydrogen-bond donors (Lipinski definition) is 3. The molecule has 142 valence electrons. The third-order valence-corrected chi connectivity index (χ3v) is 5.15. The molecule has 9 heteroatoms. The van der Waals surface area contributed by atoms with Crippen molar-refractivity contribution in [2.75, 3.05) is 29.0 Å². The lowest BCUT2D eigenvalue weighted by Crippen LogP contribution is -2.43. The molecule has 1 saturated heterocycles. The molecule has 0 saturated carbocycles. The summed E-state index contributed by atoms with van der Waals surface area (Å²) < 4.78 is 0. The Balaban J connectivity index is 1.67. The van der Waals surface area contributed by atoms with Crippen molar-refractivity contribution in [2.45, 2.75) is 38.1 Å². The van der Waals surface area contributed by atoms with E-state index in [1.807, 2.05) is 0 Å². The number of aryl methyl sites for hydroxylation is 1. The van der Waals surface area contributed by atoms with Crippen LogP contribution in [-0.2, 0) is 12.8 Å². The molecule has 9 nitrogen and oxygen atoms in total. The van der Waals surface area contributed by atoms with Gasteiger partial charge in [0.25, 0.3) is 5.69 Å². The van der Waals surface area contributed by atoms with Gasteiger partial charge in [0.1, 0.15) is 11.5 Å². The highest BCUT2D eigenvalue weighted by atomic mass is 16.6. The van der Waals surface area contributed by atoms with Crippen molar-refractivity contribution in [1.29, 1.82) is 0 Å². The van der Waals surface area contributed by atoms with E-state index in [2.05, 4.69) is 15.2 Å². The minimum absolute atomic E-state index is 0.128. The largest absolute Gasteiger partial charge is 0.393 e. The van der Waals surface area contributed by atoms with Crippen molar-refractivity contribution < 1.29 is 4.92 Å². The molecular weight excluding hydrogens is 346 g/mol. The first kappa shape index (κ1) is 17.5. The second-order valence-electron chi connectivity index (χ2n) is 7.15. The molecule has 2 aliphatic rings. The first-order valence-electron chi connectivity index (χ1n) is 9.22. The van der Waals surface area contributed by atoms with E-state index in [4.69, 9.17) is 16.5 Å². The zero-order valence-corrected chi connectivity index (χ0v) is 15.0. The van der Waals surface area contributed by atoms with Crippen LogP contribution in [0.4, 0.5) is 28.8 Å².